The van der Waals surface area contributed by atoms with E-state index >= 15 is 0 Å². The molecule has 2 N–H and O–H groups in total. The highest BCUT2D eigenvalue weighted by molar-refractivity contribution is 5.39. The number of benzene rings is 1. The van der Waals surface area contributed by atoms with Crippen LogP contribution in [0, 0.1) is 13.8 Å². The van der Waals surface area contributed by atoms with Gasteiger partial charge in [-0.3, -0.25) is 0 Å². The number of nitrogens with two attached hydrogens (primary N) is 1. The summed E-state index contributed by atoms with van der Waals surface area (Å²) in [5, 5.41) is 0. The predicted octanol–water partition coefficient (Wildman–Crippen LogP) is 2.29. The molecule has 0 saturated heterocycles. The monoisotopic (exact) mass is 175 g/mol. The number of hydrogen-bond donors (Lipinski definition) is 1. The molecule has 0 aliphatic heterocycles. The molecule has 1 heteroatoms. The Balaban J connectivity index is 2.42. The molecule has 1 fully saturated rings. The Hall–Kier alpha value is -0.820. The molecule has 0 radical (unpaired) electrons. The van der Waals surface area contributed by atoms with E-state index in [1.165, 1.54) is 16.7 Å². The first-order valence-corrected chi connectivity index (χ1v) is 4.87. The first kappa shape index (κ1) is 8.76. The van der Waals surface area contributed by atoms with Crippen molar-refractivity contribution in [3.63, 3.8) is 0 Å². The number of hydrogen-bond acceptors (Lipinski definition) is 1. The van der Waals surface area contributed by atoms with E-state index in [-0.39, 0.29) is 5.41 Å². The van der Waals surface area contributed by atoms with Gasteiger partial charge in [-0.05, 0) is 25.8 Å². The van der Waals surface area contributed by atoms with E-state index < -0.39 is 0 Å². The second-order valence-corrected chi connectivity index (χ2v) is 4.60. The average Bonchev–Trinajstić information content (AvgIpc) is 2.59. The Morgan fingerprint density at radius 1 is 1.23 bits per heavy atom. The fourth-order valence-electron chi connectivity index (χ4n) is 2.03. The zero-order valence-electron chi connectivity index (χ0n) is 8.59. The topological polar surface area (TPSA) is 26.0 Å². The van der Waals surface area contributed by atoms with Crippen molar-refractivity contribution >= 4 is 0 Å². The summed E-state index contributed by atoms with van der Waals surface area (Å²) in [5.74, 6) is 0. The standard InChI is InChI=1S/C12H17N/c1-8-4-9(2)6-10(5-8)12(3)7-11(12)13/h4-6,11H,7,13H2,1-3H3. The van der Waals surface area contributed by atoms with E-state index in [1.54, 1.807) is 0 Å². The van der Waals surface area contributed by atoms with Gasteiger partial charge in [-0.25, -0.2) is 0 Å². The highest BCUT2D eigenvalue weighted by Crippen LogP contribution is 2.46. The van der Waals surface area contributed by atoms with Crippen molar-refractivity contribution in [2.24, 2.45) is 5.73 Å². The maximum atomic E-state index is 5.93. The lowest BCUT2D eigenvalue weighted by Gasteiger charge is -2.12. The predicted molar refractivity (Wildman–Crippen MR) is 55.9 cm³/mol. The van der Waals surface area contributed by atoms with Gasteiger partial charge in [0.2, 0.25) is 0 Å². The van der Waals surface area contributed by atoms with Crippen LogP contribution in [0.2, 0.25) is 0 Å². The van der Waals surface area contributed by atoms with Gasteiger partial charge in [-0.15, -0.1) is 0 Å². The summed E-state index contributed by atoms with van der Waals surface area (Å²) < 4.78 is 0. The van der Waals surface area contributed by atoms with Gasteiger partial charge >= 0.3 is 0 Å². The Labute approximate surface area is 80.0 Å². The largest absolute Gasteiger partial charge is 0.327 e. The van der Waals surface area contributed by atoms with Crippen LogP contribution in [0.15, 0.2) is 18.2 Å². The first-order chi connectivity index (χ1) is 6.02. The van der Waals surface area contributed by atoms with E-state index in [9.17, 15) is 0 Å². The molecule has 1 aliphatic carbocycles. The van der Waals surface area contributed by atoms with Crippen molar-refractivity contribution < 1.29 is 0 Å². The van der Waals surface area contributed by atoms with Crippen molar-refractivity contribution in [3.8, 4) is 0 Å². The number of rotatable bonds is 1. The van der Waals surface area contributed by atoms with Crippen molar-refractivity contribution in [2.45, 2.75) is 38.6 Å². The molecule has 2 unspecified atom stereocenters. The van der Waals surface area contributed by atoms with Crippen LogP contribution in [0.4, 0.5) is 0 Å². The fraction of sp³-hybridized carbons (Fsp3) is 0.500. The van der Waals surface area contributed by atoms with Gasteiger partial charge in [0.15, 0.2) is 0 Å². The quantitative estimate of drug-likeness (QED) is 0.696. The third-order valence-electron chi connectivity index (χ3n) is 3.18. The Kier molecular flexibility index (Phi) is 1.74. The molecule has 0 bridgehead atoms. The smallest absolute Gasteiger partial charge is 0.0143 e. The molecule has 1 saturated carbocycles. The lowest BCUT2D eigenvalue weighted by Crippen LogP contribution is -2.14. The third-order valence-corrected chi connectivity index (χ3v) is 3.18. The van der Waals surface area contributed by atoms with Gasteiger partial charge in [0.05, 0.1) is 0 Å². The molecule has 0 heterocycles. The van der Waals surface area contributed by atoms with E-state index in [0.717, 1.165) is 6.42 Å². The van der Waals surface area contributed by atoms with Crippen LogP contribution in [-0.2, 0) is 5.41 Å². The highest BCUT2D eigenvalue weighted by atomic mass is 14.8. The second-order valence-electron chi connectivity index (χ2n) is 4.60. The summed E-state index contributed by atoms with van der Waals surface area (Å²) in [7, 11) is 0. The van der Waals surface area contributed by atoms with Crippen molar-refractivity contribution in [2.75, 3.05) is 0 Å². The van der Waals surface area contributed by atoms with Crippen LogP contribution in [0.1, 0.15) is 30.0 Å². The van der Waals surface area contributed by atoms with Crippen LogP contribution in [0.3, 0.4) is 0 Å². The Bertz CT molecular complexity index is 323. The van der Waals surface area contributed by atoms with Crippen LogP contribution >= 0.6 is 0 Å². The second kappa shape index (κ2) is 2.58. The molecule has 1 aromatic rings. The molecule has 0 aromatic heterocycles. The number of aryl methyl sites for hydroxylation is 2. The molecule has 70 valence electrons. The minimum atomic E-state index is 0.261. The highest BCUT2D eigenvalue weighted by Gasteiger charge is 2.48. The average molecular weight is 175 g/mol. The molecule has 1 aromatic carbocycles. The van der Waals surface area contributed by atoms with E-state index in [1.807, 2.05) is 0 Å². The van der Waals surface area contributed by atoms with Crippen LogP contribution in [0.25, 0.3) is 0 Å². The molecule has 0 amide bonds. The lowest BCUT2D eigenvalue weighted by molar-refractivity contribution is 0.739. The molecule has 2 atom stereocenters. The van der Waals surface area contributed by atoms with Gasteiger partial charge in [0, 0.05) is 11.5 Å². The SMILES string of the molecule is Cc1cc(C)cc(C2(C)CC2N)c1. The molecule has 1 aliphatic rings. The minimum absolute atomic E-state index is 0.261. The van der Waals surface area contributed by atoms with E-state index in [0.29, 0.717) is 6.04 Å². The van der Waals surface area contributed by atoms with E-state index in [2.05, 4.69) is 39.0 Å². The molecule has 0 spiro atoms. The fourth-order valence-corrected chi connectivity index (χ4v) is 2.03. The summed E-state index contributed by atoms with van der Waals surface area (Å²) in [6, 6.07) is 7.11. The minimum Gasteiger partial charge on any atom is -0.327 e. The summed E-state index contributed by atoms with van der Waals surface area (Å²) >= 11 is 0. The lowest BCUT2D eigenvalue weighted by atomic mass is 9.94. The molecular weight excluding hydrogens is 158 g/mol. The summed E-state index contributed by atoms with van der Waals surface area (Å²) in [6.45, 7) is 6.55. The normalized spacial score (nSPS) is 31.8. The molecule has 1 nitrogen and oxygen atoms in total. The third kappa shape index (κ3) is 1.37. The zero-order valence-corrected chi connectivity index (χ0v) is 8.59. The van der Waals surface area contributed by atoms with Crippen LogP contribution in [-0.4, -0.2) is 6.04 Å². The van der Waals surface area contributed by atoms with Crippen molar-refractivity contribution in [3.05, 3.63) is 34.9 Å². The molecule has 2 rings (SSSR count). The Morgan fingerprint density at radius 3 is 2.08 bits per heavy atom. The maximum Gasteiger partial charge on any atom is 0.0143 e. The van der Waals surface area contributed by atoms with Gasteiger partial charge in [-0.1, -0.05) is 36.2 Å². The maximum absolute atomic E-state index is 5.93. The zero-order chi connectivity index (χ0) is 9.64. The molecule has 13 heavy (non-hydrogen) atoms. The van der Waals surface area contributed by atoms with Crippen molar-refractivity contribution in [1.82, 2.24) is 0 Å². The van der Waals surface area contributed by atoms with Crippen LogP contribution in [0.5, 0.6) is 0 Å². The van der Waals surface area contributed by atoms with Gasteiger partial charge in [0.1, 0.15) is 0 Å². The van der Waals surface area contributed by atoms with Gasteiger partial charge in [-0.2, -0.15) is 0 Å². The van der Waals surface area contributed by atoms with E-state index in [4.69, 9.17) is 5.73 Å². The van der Waals surface area contributed by atoms with Gasteiger partial charge < -0.3 is 5.73 Å². The molecular formula is C12H17N. The summed E-state index contributed by atoms with van der Waals surface area (Å²) in [4.78, 5) is 0. The Morgan fingerprint density at radius 2 is 1.69 bits per heavy atom. The first-order valence-electron chi connectivity index (χ1n) is 4.87. The summed E-state index contributed by atoms with van der Waals surface area (Å²) in [5.41, 5.74) is 10.3. The van der Waals surface area contributed by atoms with Crippen molar-refractivity contribution in [1.29, 1.82) is 0 Å². The van der Waals surface area contributed by atoms with Crippen LogP contribution < -0.4 is 5.73 Å². The van der Waals surface area contributed by atoms with Gasteiger partial charge in [0.25, 0.3) is 0 Å². The summed E-state index contributed by atoms with van der Waals surface area (Å²) in [6.07, 6.45) is 1.13.